The summed E-state index contributed by atoms with van der Waals surface area (Å²) in [6, 6.07) is 0. The highest BCUT2D eigenvalue weighted by molar-refractivity contribution is 5.78. The molecule has 0 aliphatic carbocycles. The lowest BCUT2D eigenvalue weighted by Crippen LogP contribution is -2.47. The third-order valence-electron chi connectivity index (χ3n) is 1.75. The fourth-order valence-corrected chi connectivity index (χ4v) is 0.808. The number of nitrogens with one attached hydrogen (secondary N) is 2. The molecule has 0 radical (unpaired) electrons. The molecule has 2 atom stereocenters. The Morgan fingerprint density at radius 1 is 1.36 bits per heavy atom. The first kappa shape index (κ1) is 13.4. The Kier molecular flexibility index (Phi) is 6.44. The molecule has 0 bridgehead atoms. The normalized spacial score (nSPS) is 15.3. The first-order valence-corrected chi connectivity index (χ1v) is 4.80. The van der Waals surface area contributed by atoms with E-state index in [4.69, 9.17) is 10.2 Å². The Hall–Kier alpha value is -0.650. The van der Waals surface area contributed by atoms with Crippen molar-refractivity contribution in [3.05, 3.63) is 0 Å². The van der Waals surface area contributed by atoms with E-state index in [1.54, 1.807) is 6.92 Å². The molecule has 0 aromatic rings. The van der Waals surface area contributed by atoms with E-state index in [-0.39, 0.29) is 31.1 Å². The predicted octanol–water partition coefficient (Wildman–Crippen LogP) is -0.953. The number of aliphatic hydroxyl groups excluding tert-OH is 2. The number of hydrogen-bond acceptors (Lipinski definition) is 4. The average Bonchev–Trinajstić information content (AvgIpc) is 2.13. The van der Waals surface area contributed by atoms with Gasteiger partial charge in [0.15, 0.2) is 0 Å². The maximum atomic E-state index is 11.2. The lowest BCUT2D eigenvalue weighted by atomic mass is 10.2. The number of hydrogen-bond donors (Lipinski definition) is 4. The molecule has 5 nitrogen and oxygen atoms in total. The summed E-state index contributed by atoms with van der Waals surface area (Å²) in [7, 11) is 0. The van der Waals surface area contributed by atoms with Gasteiger partial charge in [0.25, 0.3) is 0 Å². The molecule has 14 heavy (non-hydrogen) atoms. The third kappa shape index (κ3) is 5.90. The van der Waals surface area contributed by atoms with Gasteiger partial charge in [0.1, 0.15) is 0 Å². The number of amides is 1. The van der Waals surface area contributed by atoms with Gasteiger partial charge < -0.3 is 15.5 Å². The molecule has 0 fully saturated rings. The van der Waals surface area contributed by atoms with Crippen LogP contribution < -0.4 is 10.6 Å². The fraction of sp³-hybridized carbons (Fsp3) is 0.889. The third-order valence-corrected chi connectivity index (χ3v) is 1.75. The van der Waals surface area contributed by atoms with Gasteiger partial charge >= 0.3 is 0 Å². The molecule has 0 saturated carbocycles. The second-order valence-corrected chi connectivity index (χ2v) is 3.63. The minimum Gasteiger partial charge on any atom is -0.394 e. The van der Waals surface area contributed by atoms with Gasteiger partial charge in [0.2, 0.25) is 5.91 Å². The summed E-state index contributed by atoms with van der Waals surface area (Å²) in [5.74, 6) is -0.0921. The first-order chi connectivity index (χ1) is 6.47. The van der Waals surface area contributed by atoms with E-state index in [2.05, 4.69) is 10.6 Å². The fourth-order valence-electron chi connectivity index (χ4n) is 0.808. The van der Waals surface area contributed by atoms with Gasteiger partial charge in [-0.1, -0.05) is 13.8 Å². The Morgan fingerprint density at radius 2 is 1.93 bits per heavy atom. The summed E-state index contributed by atoms with van der Waals surface area (Å²) in [6.07, 6.45) is -0.987. The van der Waals surface area contributed by atoms with Gasteiger partial charge in [0, 0.05) is 12.5 Å². The van der Waals surface area contributed by atoms with E-state index >= 15 is 0 Å². The van der Waals surface area contributed by atoms with Crippen LogP contribution in [0, 0.1) is 5.92 Å². The molecule has 0 aromatic heterocycles. The van der Waals surface area contributed by atoms with E-state index in [1.165, 1.54) is 0 Å². The van der Waals surface area contributed by atoms with E-state index in [0.29, 0.717) is 0 Å². The number of aliphatic hydroxyl groups is 2. The lowest BCUT2D eigenvalue weighted by Gasteiger charge is -2.18. The minimum atomic E-state index is -0.784. The van der Waals surface area contributed by atoms with Crippen LogP contribution in [-0.4, -0.2) is 41.5 Å². The lowest BCUT2D eigenvalue weighted by molar-refractivity contribution is -0.124. The molecular weight excluding hydrogens is 184 g/mol. The molecular formula is C9H20N2O3. The number of carbonyl (C=O) groups excluding carboxylic acids is 1. The highest BCUT2D eigenvalue weighted by atomic mass is 16.3. The highest BCUT2D eigenvalue weighted by Crippen LogP contribution is 1.91. The SMILES string of the molecule is CC(NCC(O)CO)NC(=O)C(C)C. The summed E-state index contributed by atoms with van der Waals surface area (Å²) < 4.78 is 0. The monoisotopic (exact) mass is 204 g/mol. The van der Waals surface area contributed by atoms with Crippen LogP contribution in [0.4, 0.5) is 0 Å². The van der Waals surface area contributed by atoms with E-state index in [0.717, 1.165) is 0 Å². The largest absolute Gasteiger partial charge is 0.394 e. The minimum absolute atomic E-state index is 0.0384. The van der Waals surface area contributed by atoms with Crippen LogP contribution in [0.5, 0.6) is 0 Å². The summed E-state index contributed by atoms with van der Waals surface area (Å²) in [5.41, 5.74) is 0. The topological polar surface area (TPSA) is 81.6 Å². The molecule has 4 N–H and O–H groups in total. The van der Waals surface area contributed by atoms with Gasteiger partial charge in [-0.05, 0) is 6.92 Å². The summed E-state index contributed by atoms with van der Waals surface area (Å²) in [6.45, 7) is 5.38. The van der Waals surface area contributed by atoms with E-state index < -0.39 is 6.10 Å². The van der Waals surface area contributed by atoms with Crippen LogP contribution >= 0.6 is 0 Å². The summed E-state index contributed by atoms with van der Waals surface area (Å²) in [5, 5.41) is 23.2. The van der Waals surface area contributed by atoms with Crippen molar-refractivity contribution in [1.82, 2.24) is 10.6 Å². The number of rotatable bonds is 6. The zero-order valence-electron chi connectivity index (χ0n) is 8.95. The van der Waals surface area contributed by atoms with Crippen molar-refractivity contribution < 1.29 is 15.0 Å². The van der Waals surface area contributed by atoms with Gasteiger partial charge in [-0.3, -0.25) is 10.1 Å². The van der Waals surface area contributed by atoms with Gasteiger partial charge in [-0.25, -0.2) is 0 Å². The standard InChI is InChI=1S/C9H20N2O3/c1-6(2)9(14)11-7(3)10-4-8(13)5-12/h6-8,10,12-13H,4-5H2,1-3H3,(H,11,14). The van der Waals surface area contributed by atoms with Crippen molar-refractivity contribution in [1.29, 1.82) is 0 Å². The second-order valence-electron chi connectivity index (χ2n) is 3.63. The maximum absolute atomic E-state index is 11.2. The van der Waals surface area contributed by atoms with Crippen molar-refractivity contribution in [2.75, 3.05) is 13.2 Å². The van der Waals surface area contributed by atoms with Gasteiger partial charge in [0.05, 0.1) is 18.9 Å². The Morgan fingerprint density at radius 3 is 2.36 bits per heavy atom. The highest BCUT2D eigenvalue weighted by Gasteiger charge is 2.11. The molecule has 5 heteroatoms. The Balaban J connectivity index is 3.65. The quantitative estimate of drug-likeness (QED) is 0.420. The van der Waals surface area contributed by atoms with Crippen molar-refractivity contribution in [3.63, 3.8) is 0 Å². The molecule has 0 aliphatic heterocycles. The van der Waals surface area contributed by atoms with E-state index in [1.807, 2.05) is 13.8 Å². The predicted molar refractivity (Wildman–Crippen MR) is 53.5 cm³/mol. The second kappa shape index (κ2) is 6.75. The smallest absolute Gasteiger partial charge is 0.223 e. The summed E-state index contributed by atoms with van der Waals surface area (Å²) in [4.78, 5) is 11.2. The van der Waals surface area contributed by atoms with Gasteiger partial charge in [-0.15, -0.1) is 0 Å². The molecule has 0 spiro atoms. The molecule has 1 amide bonds. The van der Waals surface area contributed by atoms with Crippen LogP contribution in [0.3, 0.4) is 0 Å². The van der Waals surface area contributed by atoms with Crippen LogP contribution in [0.25, 0.3) is 0 Å². The molecule has 0 heterocycles. The Labute approximate surface area is 84.5 Å². The maximum Gasteiger partial charge on any atom is 0.223 e. The molecule has 2 unspecified atom stereocenters. The van der Waals surface area contributed by atoms with Crippen molar-refractivity contribution in [3.8, 4) is 0 Å². The van der Waals surface area contributed by atoms with Crippen molar-refractivity contribution in [2.45, 2.75) is 33.0 Å². The van der Waals surface area contributed by atoms with Gasteiger partial charge in [-0.2, -0.15) is 0 Å². The van der Waals surface area contributed by atoms with Crippen LogP contribution in [-0.2, 0) is 4.79 Å². The van der Waals surface area contributed by atoms with Crippen molar-refractivity contribution >= 4 is 5.91 Å². The zero-order valence-corrected chi connectivity index (χ0v) is 8.95. The molecule has 0 rings (SSSR count). The summed E-state index contributed by atoms with van der Waals surface area (Å²) >= 11 is 0. The molecule has 84 valence electrons. The Bertz CT molecular complexity index is 173. The van der Waals surface area contributed by atoms with E-state index in [9.17, 15) is 4.79 Å². The average molecular weight is 204 g/mol. The van der Waals surface area contributed by atoms with Crippen LogP contribution in [0.1, 0.15) is 20.8 Å². The molecule has 0 aliphatic rings. The first-order valence-electron chi connectivity index (χ1n) is 4.80. The zero-order chi connectivity index (χ0) is 11.1. The number of carbonyl (C=O) groups is 1. The molecule has 0 aromatic carbocycles. The van der Waals surface area contributed by atoms with Crippen LogP contribution in [0.15, 0.2) is 0 Å². The molecule has 0 saturated heterocycles. The van der Waals surface area contributed by atoms with Crippen molar-refractivity contribution in [2.24, 2.45) is 5.92 Å². The van der Waals surface area contributed by atoms with Crippen LogP contribution in [0.2, 0.25) is 0 Å².